The summed E-state index contributed by atoms with van der Waals surface area (Å²) >= 11 is 0. The van der Waals surface area contributed by atoms with Gasteiger partial charge in [0.15, 0.2) is 0 Å². The molecule has 1 atom stereocenters. The van der Waals surface area contributed by atoms with E-state index in [0.29, 0.717) is 12.8 Å². The zero-order chi connectivity index (χ0) is 20.8. The van der Waals surface area contributed by atoms with E-state index >= 15 is 0 Å². The molecule has 0 spiro atoms. The van der Waals surface area contributed by atoms with Gasteiger partial charge in [0.1, 0.15) is 0 Å². The molecule has 0 saturated carbocycles. The molecular weight excluding hydrogens is 370 g/mol. The first-order chi connectivity index (χ1) is 11.7. The lowest BCUT2D eigenvalue weighted by molar-refractivity contribution is -0.371. The van der Waals surface area contributed by atoms with Crippen molar-refractivity contribution >= 4 is 5.97 Å². The number of hydrogen-bond acceptors (Lipinski definition) is 4. The second kappa shape index (κ2) is 9.25. The van der Waals surface area contributed by atoms with Crippen molar-refractivity contribution in [2.45, 2.75) is 64.9 Å². The van der Waals surface area contributed by atoms with Crippen molar-refractivity contribution in [3.63, 3.8) is 0 Å². The molecule has 0 radical (unpaired) electrons. The first-order valence-corrected chi connectivity index (χ1v) is 8.30. The van der Waals surface area contributed by atoms with Gasteiger partial charge in [0.2, 0.25) is 0 Å². The molecule has 0 rings (SSSR count). The molecule has 0 aliphatic heterocycles. The Hall–Kier alpha value is -1.03. The molecule has 0 aliphatic rings. The maximum absolute atomic E-state index is 12.6. The van der Waals surface area contributed by atoms with Gasteiger partial charge in [-0.05, 0) is 19.3 Å². The van der Waals surface area contributed by atoms with Crippen LogP contribution in [0.25, 0.3) is 0 Å². The second-order valence-corrected chi connectivity index (χ2v) is 6.44. The summed E-state index contributed by atoms with van der Waals surface area (Å²) < 4.78 is 85.8. The Bertz CT molecular complexity index is 433. The lowest BCUT2D eigenvalue weighted by Crippen LogP contribution is -2.57. The molecule has 156 valence electrons. The molecule has 0 fully saturated rings. The molecule has 26 heavy (non-hydrogen) atoms. The van der Waals surface area contributed by atoms with Crippen LogP contribution in [0.3, 0.4) is 0 Å². The number of esters is 1. The highest BCUT2D eigenvalue weighted by molar-refractivity contribution is 5.77. The van der Waals surface area contributed by atoms with Crippen molar-refractivity contribution < 1.29 is 45.7 Å². The Labute approximate surface area is 148 Å². The van der Waals surface area contributed by atoms with Gasteiger partial charge >= 0.3 is 18.3 Å². The summed E-state index contributed by atoms with van der Waals surface area (Å²) in [7, 11) is 0. The highest BCUT2D eigenvalue weighted by atomic mass is 19.4. The summed E-state index contributed by atoms with van der Waals surface area (Å²) in [4.78, 5) is 12.3. The zero-order valence-electron chi connectivity index (χ0n) is 15.3. The lowest BCUT2D eigenvalue weighted by Gasteiger charge is -2.36. The van der Waals surface area contributed by atoms with Gasteiger partial charge in [0.25, 0.3) is 5.60 Å². The standard InChI is InChI=1S/C16H26F6O4/c1-5-7-13(11(3)4,12(23)26-6-2)10-25-9-8-14(24,15(17,18)19)16(20,21)22/h11,24H,5-10H2,1-4H3. The van der Waals surface area contributed by atoms with Gasteiger partial charge in [0.05, 0.1) is 25.2 Å². The summed E-state index contributed by atoms with van der Waals surface area (Å²) in [6.07, 6.45) is -12.7. The number of aliphatic hydroxyl groups is 1. The fraction of sp³-hybridized carbons (Fsp3) is 0.938. The summed E-state index contributed by atoms with van der Waals surface area (Å²) in [5.74, 6) is -0.927. The van der Waals surface area contributed by atoms with Crippen molar-refractivity contribution in [3.8, 4) is 0 Å². The Balaban J connectivity index is 5.20. The predicted molar refractivity (Wildman–Crippen MR) is 81.3 cm³/mol. The monoisotopic (exact) mass is 396 g/mol. The normalized spacial score (nSPS) is 15.8. The number of carbonyl (C=O) groups excluding carboxylic acids is 1. The summed E-state index contributed by atoms with van der Waals surface area (Å²) in [5.41, 5.74) is -6.05. The van der Waals surface area contributed by atoms with Crippen LogP contribution in [0.4, 0.5) is 26.3 Å². The van der Waals surface area contributed by atoms with Crippen LogP contribution in [0, 0.1) is 11.3 Å². The molecule has 1 N–H and O–H groups in total. The van der Waals surface area contributed by atoms with Gasteiger partial charge in [-0.25, -0.2) is 0 Å². The topological polar surface area (TPSA) is 55.8 Å². The van der Waals surface area contributed by atoms with Gasteiger partial charge in [-0.2, -0.15) is 26.3 Å². The van der Waals surface area contributed by atoms with E-state index in [1.54, 1.807) is 27.7 Å². The van der Waals surface area contributed by atoms with Crippen LogP contribution in [0.15, 0.2) is 0 Å². The van der Waals surface area contributed by atoms with Gasteiger partial charge < -0.3 is 14.6 Å². The molecule has 0 aromatic heterocycles. The second-order valence-electron chi connectivity index (χ2n) is 6.44. The van der Waals surface area contributed by atoms with E-state index in [2.05, 4.69) is 0 Å². The van der Waals surface area contributed by atoms with Crippen LogP contribution < -0.4 is 0 Å². The summed E-state index contributed by atoms with van der Waals surface area (Å²) in [6.45, 7) is 5.41. The van der Waals surface area contributed by atoms with Gasteiger partial charge in [-0.15, -0.1) is 0 Å². The maximum atomic E-state index is 12.6. The van der Waals surface area contributed by atoms with E-state index in [4.69, 9.17) is 14.6 Å². The van der Waals surface area contributed by atoms with Crippen LogP contribution in [0.1, 0.15) is 47.0 Å². The van der Waals surface area contributed by atoms with Crippen molar-refractivity contribution in [2.75, 3.05) is 19.8 Å². The number of rotatable bonds is 10. The van der Waals surface area contributed by atoms with Crippen molar-refractivity contribution in [1.29, 1.82) is 0 Å². The molecule has 0 bridgehead atoms. The van der Waals surface area contributed by atoms with Crippen LogP contribution >= 0.6 is 0 Å². The minimum atomic E-state index is -5.89. The van der Waals surface area contributed by atoms with Gasteiger partial charge in [-0.1, -0.05) is 27.2 Å². The molecule has 0 amide bonds. The molecule has 0 heterocycles. The average Bonchev–Trinajstić information content (AvgIpc) is 2.47. The Kier molecular flexibility index (Phi) is 8.89. The highest BCUT2D eigenvalue weighted by Gasteiger charge is 2.69. The molecule has 0 saturated heterocycles. The molecule has 0 aromatic carbocycles. The van der Waals surface area contributed by atoms with E-state index in [0.717, 1.165) is 0 Å². The van der Waals surface area contributed by atoms with Crippen molar-refractivity contribution in [3.05, 3.63) is 0 Å². The third-order valence-electron chi connectivity index (χ3n) is 4.39. The molecule has 0 aromatic rings. The fourth-order valence-electron chi connectivity index (χ4n) is 2.56. The minimum absolute atomic E-state index is 0.0823. The molecule has 1 unspecified atom stereocenters. The fourth-order valence-corrected chi connectivity index (χ4v) is 2.56. The van der Waals surface area contributed by atoms with Crippen LogP contribution in [-0.2, 0) is 14.3 Å². The predicted octanol–water partition coefficient (Wildman–Crippen LogP) is 4.25. The Morgan fingerprint density at radius 1 is 1.00 bits per heavy atom. The van der Waals surface area contributed by atoms with Gasteiger partial charge in [-0.3, -0.25) is 4.79 Å². The SMILES string of the molecule is CCCC(COCCC(O)(C(F)(F)F)C(F)(F)F)(C(=O)OCC)C(C)C. The van der Waals surface area contributed by atoms with Gasteiger partial charge in [0, 0.05) is 6.42 Å². The first kappa shape index (κ1) is 25.0. The number of ether oxygens (including phenoxy) is 2. The molecule has 10 heteroatoms. The Morgan fingerprint density at radius 2 is 1.50 bits per heavy atom. The first-order valence-electron chi connectivity index (χ1n) is 8.30. The lowest BCUT2D eigenvalue weighted by atomic mass is 9.74. The third kappa shape index (κ3) is 5.48. The summed E-state index contributed by atoms with van der Waals surface area (Å²) in [6, 6.07) is 0. The van der Waals surface area contributed by atoms with E-state index in [9.17, 15) is 31.1 Å². The van der Waals surface area contributed by atoms with E-state index < -0.39 is 49.0 Å². The summed E-state index contributed by atoms with van der Waals surface area (Å²) in [5, 5.41) is 9.10. The van der Waals surface area contributed by atoms with E-state index in [-0.39, 0.29) is 12.5 Å². The quantitative estimate of drug-likeness (QED) is 0.341. The largest absolute Gasteiger partial charge is 0.465 e. The van der Waals surface area contributed by atoms with Crippen LogP contribution in [-0.4, -0.2) is 48.9 Å². The Morgan fingerprint density at radius 3 is 1.85 bits per heavy atom. The van der Waals surface area contributed by atoms with Crippen LogP contribution in [0.2, 0.25) is 0 Å². The van der Waals surface area contributed by atoms with E-state index in [1.165, 1.54) is 0 Å². The smallest absolute Gasteiger partial charge is 0.426 e. The van der Waals surface area contributed by atoms with Crippen LogP contribution in [0.5, 0.6) is 0 Å². The minimum Gasteiger partial charge on any atom is -0.465 e. The number of halogens is 6. The zero-order valence-corrected chi connectivity index (χ0v) is 15.3. The number of alkyl halides is 6. The average molecular weight is 396 g/mol. The maximum Gasteiger partial charge on any atom is 0.426 e. The molecular formula is C16H26F6O4. The highest BCUT2D eigenvalue weighted by Crippen LogP contribution is 2.45. The van der Waals surface area contributed by atoms with E-state index in [1.807, 2.05) is 0 Å². The number of hydrogen-bond donors (Lipinski definition) is 1. The van der Waals surface area contributed by atoms with Crippen molar-refractivity contribution in [1.82, 2.24) is 0 Å². The molecule has 0 aliphatic carbocycles. The van der Waals surface area contributed by atoms with Crippen molar-refractivity contribution in [2.24, 2.45) is 11.3 Å². The number of carbonyl (C=O) groups is 1. The molecule has 4 nitrogen and oxygen atoms in total. The third-order valence-corrected chi connectivity index (χ3v) is 4.39.